The number of aliphatic imine (C=N–C) groups is 1. The van der Waals surface area contributed by atoms with Crippen LogP contribution in [0.15, 0.2) is 47.5 Å². The molecule has 0 aromatic heterocycles. The number of hydrogen-bond donors (Lipinski definition) is 2. The van der Waals surface area contributed by atoms with Gasteiger partial charge in [-0.3, -0.25) is 9.79 Å². The maximum absolute atomic E-state index is 13.4. The third-order valence-electron chi connectivity index (χ3n) is 5.61. The van der Waals surface area contributed by atoms with Gasteiger partial charge >= 0.3 is 0 Å². The number of nitrogens with zero attached hydrogens (tertiary/aromatic N) is 2. The van der Waals surface area contributed by atoms with Crippen LogP contribution in [0.1, 0.15) is 43.4 Å². The molecule has 5 nitrogen and oxygen atoms in total. The third-order valence-corrected chi connectivity index (χ3v) is 5.92. The molecule has 1 fully saturated rings. The van der Waals surface area contributed by atoms with Crippen molar-refractivity contribution in [3.8, 4) is 0 Å². The lowest BCUT2D eigenvalue weighted by atomic mass is 9.84. The van der Waals surface area contributed by atoms with Gasteiger partial charge in [-0.1, -0.05) is 55.8 Å². The fraction of sp³-hybridized carbons (Fsp3) is 0.417. The van der Waals surface area contributed by atoms with Crippen molar-refractivity contribution in [1.82, 2.24) is 15.5 Å². The lowest BCUT2D eigenvalue weighted by molar-refractivity contribution is -0.128. The molecular formula is C24H30ClFN4O. The first-order chi connectivity index (χ1) is 14.8. The van der Waals surface area contributed by atoms with Crippen molar-refractivity contribution >= 4 is 23.5 Å². The second-order valence-corrected chi connectivity index (χ2v) is 8.93. The topological polar surface area (TPSA) is 56.7 Å². The molecule has 1 aliphatic rings. The molecule has 31 heavy (non-hydrogen) atoms. The van der Waals surface area contributed by atoms with E-state index in [2.05, 4.69) is 53.7 Å². The van der Waals surface area contributed by atoms with Gasteiger partial charge in [0, 0.05) is 50.1 Å². The second kappa shape index (κ2) is 10.1. The first-order valence-corrected chi connectivity index (χ1v) is 10.9. The van der Waals surface area contributed by atoms with Crippen LogP contribution in [0.5, 0.6) is 0 Å². The van der Waals surface area contributed by atoms with Gasteiger partial charge in [0.2, 0.25) is 5.91 Å². The lowest BCUT2D eigenvalue weighted by Gasteiger charge is -2.27. The first kappa shape index (κ1) is 23.1. The van der Waals surface area contributed by atoms with Gasteiger partial charge in [0.15, 0.2) is 5.96 Å². The molecule has 0 bridgehead atoms. The molecule has 0 aliphatic carbocycles. The van der Waals surface area contributed by atoms with E-state index in [9.17, 15) is 9.18 Å². The number of rotatable bonds is 7. The Kier molecular flexibility index (Phi) is 7.55. The van der Waals surface area contributed by atoms with Crippen LogP contribution >= 0.6 is 11.6 Å². The van der Waals surface area contributed by atoms with Crippen molar-refractivity contribution in [2.75, 3.05) is 20.1 Å². The maximum Gasteiger partial charge on any atom is 0.222 e. The molecule has 2 aromatic carbocycles. The standard InChI is InChI=1S/C24H30ClFN4O/c1-24(2,20-11-10-19(26)13-21(20)25)16-29-23(27-3)28-14-17-6-8-18(9-7-17)15-30-12-4-5-22(30)31/h6-11,13H,4-5,12,14-16H2,1-3H3,(H2,27,28,29). The Morgan fingerprint density at radius 2 is 1.87 bits per heavy atom. The Morgan fingerprint density at radius 3 is 2.48 bits per heavy atom. The van der Waals surface area contributed by atoms with Crippen LogP contribution in [-0.4, -0.2) is 36.9 Å². The summed E-state index contributed by atoms with van der Waals surface area (Å²) >= 11 is 6.24. The van der Waals surface area contributed by atoms with Gasteiger partial charge in [0.1, 0.15) is 5.82 Å². The highest BCUT2D eigenvalue weighted by Crippen LogP contribution is 2.29. The van der Waals surface area contributed by atoms with Gasteiger partial charge < -0.3 is 15.5 Å². The number of hydrogen-bond acceptors (Lipinski definition) is 2. The second-order valence-electron chi connectivity index (χ2n) is 8.52. The molecule has 1 heterocycles. The fourth-order valence-corrected chi connectivity index (χ4v) is 4.12. The van der Waals surface area contributed by atoms with Gasteiger partial charge in [-0.15, -0.1) is 0 Å². The van der Waals surface area contributed by atoms with Gasteiger partial charge in [-0.05, 0) is 35.2 Å². The summed E-state index contributed by atoms with van der Waals surface area (Å²) in [6.45, 7) is 6.84. The van der Waals surface area contributed by atoms with Crippen molar-refractivity contribution in [3.63, 3.8) is 0 Å². The summed E-state index contributed by atoms with van der Waals surface area (Å²) < 4.78 is 13.4. The smallest absolute Gasteiger partial charge is 0.222 e. The zero-order valence-electron chi connectivity index (χ0n) is 18.3. The minimum atomic E-state index is -0.340. The molecule has 166 valence electrons. The predicted molar refractivity (Wildman–Crippen MR) is 124 cm³/mol. The number of nitrogens with one attached hydrogen (secondary N) is 2. The summed E-state index contributed by atoms with van der Waals surface area (Å²) in [6.07, 6.45) is 1.62. The lowest BCUT2D eigenvalue weighted by Crippen LogP contribution is -2.43. The van der Waals surface area contributed by atoms with Crippen molar-refractivity contribution in [2.24, 2.45) is 4.99 Å². The van der Waals surface area contributed by atoms with Crippen LogP contribution in [0.4, 0.5) is 4.39 Å². The van der Waals surface area contributed by atoms with E-state index in [1.807, 2.05) is 4.90 Å². The minimum Gasteiger partial charge on any atom is -0.356 e. The zero-order valence-corrected chi connectivity index (χ0v) is 19.1. The molecule has 0 spiro atoms. The quantitative estimate of drug-likeness (QED) is 0.496. The highest BCUT2D eigenvalue weighted by atomic mass is 35.5. The Morgan fingerprint density at radius 1 is 1.16 bits per heavy atom. The Bertz CT molecular complexity index is 943. The molecule has 0 atom stereocenters. The number of carbonyl (C=O) groups excluding carboxylic acids is 1. The van der Waals surface area contributed by atoms with Crippen LogP contribution in [0.2, 0.25) is 5.02 Å². The number of halogens is 2. The van der Waals surface area contributed by atoms with Crippen LogP contribution < -0.4 is 10.6 Å². The SMILES string of the molecule is CN=C(NCc1ccc(CN2CCCC2=O)cc1)NCC(C)(C)c1ccc(F)cc1Cl. The molecule has 0 saturated carbocycles. The van der Waals surface area contributed by atoms with Crippen LogP contribution in [0.25, 0.3) is 0 Å². The number of amides is 1. The number of guanidine groups is 1. The Labute approximate surface area is 188 Å². The molecule has 2 aromatic rings. The first-order valence-electron chi connectivity index (χ1n) is 10.5. The van der Waals surface area contributed by atoms with Gasteiger partial charge in [0.25, 0.3) is 0 Å². The number of carbonyl (C=O) groups is 1. The minimum absolute atomic E-state index is 0.241. The molecule has 7 heteroatoms. The van der Waals surface area contributed by atoms with Crippen LogP contribution in [-0.2, 0) is 23.3 Å². The van der Waals surface area contributed by atoms with Crippen LogP contribution in [0.3, 0.4) is 0 Å². The van der Waals surface area contributed by atoms with Gasteiger partial charge in [0.05, 0.1) is 0 Å². The average Bonchev–Trinajstić information content (AvgIpc) is 3.13. The fourth-order valence-electron chi connectivity index (χ4n) is 3.70. The van der Waals surface area contributed by atoms with E-state index in [0.717, 1.165) is 29.7 Å². The van der Waals surface area contributed by atoms with E-state index in [4.69, 9.17) is 11.6 Å². The molecule has 0 unspecified atom stereocenters. The summed E-state index contributed by atoms with van der Waals surface area (Å²) in [5.74, 6) is 0.580. The Balaban J connectivity index is 1.51. The van der Waals surface area contributed by atoms with E-state index >= 15 is 0 Å². The summed E-state index contributed by atoms with van der Waals surface area (Å²) in [6, 6.07) is 12.8. The molecular weight excluding hydrogens is 415 g/mol. The Hall–Kier alpha value is -2.60. The molecule has 3 rings (SSSR count). The van der Waals surface area contributed by atoms with Gasteiger partial charge in [-0.2, -0.15) is 0 Å². The van der Waals surface area contributed by atoms with Crippen LogP contribution in [0, 0.1) is 5.82 Å². The molecule has 1 amide bonds. The third kappa shape index (κ3) is 6.20. The van der Waals surface area contributed by atoms with E-state index in [0.29, 0.717) is 37.0 Å². The van der Waals surface area contributed by atoms with E-state index in [1.165, 1.54) is 12.1 Å². The summed E-state index contributed by atoms with van der Waals surface area (Å²) in [4.78, 5) is 18.0. The molecule has 1 aliphatic heterocycles. The summed E-state index contributed by atoms with van der Waals surface area (Å²) in [5.41, 5.74) is 2.84. The van der Waals surface area contributed by atoms with Crippen molar-refractivity contribution in [3.05, 3.63) is 70.0 Å². The highest BCUT2D eigenvalue weighted by molar-refractivity contribution is 6.31. The van der Waals surface area contributed by atoms with Crippen molar-refractivity contribution in [2.45, 2.75) is 45.2 Å². The predicted octanol–water partition coefficient (Wildman–Crippen LogP) is 4.24. The summed E-state index contributed by atoms with van der Waals surface area (Å²) in [5, 5.41) is 7.06. The summed E-state index contributed by atoms with van der Waals surface area (Å²) in [7, 11) is 1.73. The largest absolute Gasteiger partial charge is 0.356 e. The average molecular weight is 445 g/mol. The molecule has 2 N–H and O–H groups in total. The van der Waals surface area contributed by atoms with E-state index in [1.54, 1.807) is 13.1 Å². The maximum atomic E-state index is 13.4. The number of likely N-dealkylation sites (tertiary alicyclic amines) is 1. The van der Waals surface area contributed by atoms with E-state index in [-0.39, 0.29) is 17.1 Å². The van der Waals surface area contributed by atoms with Gasteiger partial charge in [-0.25, -0.2) is 4.39 Å². The number of benzene rings is 2. The monoisotopic (exact) mass is 444 g/mol. The highest BCUT2D eigenvalue weighted by Gasteiger charge is 2.24. The van der Waals surface area contributed by atoms with Crippen molar-refractivity contribution < 1.29 is 9.18 Å². The van der Waals surface area contributed by atoms with Crippen molar-refractivity contribution in [1.29, 1.82) is 0 Å². The molecule has 1 saturated heterocycles. The zero-order chi connectivity index (χ0) is 22.4. The van der Waals surface area contributed by atoms with E-state index < -0.39 is 0 Å². The normalized spacial score (nSPS) is 14.8. The molecule has 0 radical (unpaired) electrons.